The lowest BCUT2D eigenvalue weighted by molar-refractivity contribution is 1.12. The van der Waals surface area contributed by atoms with Crippen LogP contribution in [0.2, 0.25) is 0 Å². The number of pyridine rings is 1. The fourth-order valence-corrected chi connectivity index (χ4v) is 2.89. The summed E-state index contributed by atoms with van der Waals surface area (Å²) in [7, 11) is 0. The Hall–Kier alpha value is -2.34. The molecule has 104 valence electrons. The number of hydrogen-bond donors (Lipinski definition) is 3. The first-order chi connectivity index (χ1) is 10.2. The molecule has 0 saturated carbocycles. The Morgan fingerprint density at radius 2 is 2.10 bits per heavy atom. The van der Waals surface area contributed by atoms with Crippen molar-refractivity contribution < 1.29 is 0 Å². The van der Waals surface area contributed by atoms with Crippen LogP contribution < -0.4 is 5.32 Å². The van der Waals surface area contributed by atoms with Crippen molar-refractivity contribution in [3.8, 4) is 0 Å². The van der Waals surface area contributed by atoms with E-state index in [1.807, 2.05) is 25.3 Å². The summed E-state index contributed by atoms with van der Waals surface area (Å²) in [5, 5.41) is 12.6. The molecule has 21 heavy (non-hydrogen) atoms. The van der Waals surface area contributed by atoms with Gasteiger partial charge in [-0.05, 0) is 47.1 Å². The van der Waals surface area contributed by atoms with Crippen molar-refractivity contribution in [3.63, 3.8) is 0 Å². The topological polar surface area (TPSA) is 69.4 Å². The Kier molecular flexibility index (Phi) is 2.71. The molecule has 0 amide bonds. The number of benzene rings is 1. The van der Waals surface area contributed by atoms with Crippen molar-refractivity contribution in [2.24, 2.45) is 0 Å². The maximum Gasteiger partial charge on any atom is 0.139 e. The average Bonchev–Trinajstić information content (AvgIpc) is 3.07. The lowest BCUT2D eigenvalue weighted by Gasteiger charge is -2.09. The summed E-state index contributed by atoms with van der Waals surface area (Å²) in [6, 6.07) is 8.20. The highest BCUT2D eigenvalue weighted by Gasteiger charge is 2.10. The number of hydrogen-bond acceptors (Lipinski definition) is 3. The molecular weight excluding hydrogens is 330 g/mol. The summed E-state index contributed by atoms with van der Waals surface area (Å²) in [4.78, 5) is 7.64. The number of halogens is 1. The monoisotopic (exact) mass is 341 g/mol. The van der Waals surface area contributed by atoms with Crippen LogP contribution in [-0.2, 0) is 0 Å². The van der Waals surface area contributed by atoms with E-state index in [2.05, 4.69) is 53.5 Å². The molecule has 0 atom stereocenters. The predicted molar refractivity (Wildman–Crippen MR) is 87.9 cm³/mol. The summed E-state index contributed by atoms with van der Waals surface area (Å²) >= 11 is 3.57. The number of nitrogens with one attached hydrogen (secondary N) is 3. The molecular formula is C15H12BrN5. The number of rotatable bonds is 2. The van der Waals surface area contributed by atoms with Crippen LogP contribution in [-0.4, -0.2) is 20.2 Å². The first kappa shape index (κ1) is 12.4. The lowest BCUT2D eigenvalue weighted by Crippen LogP contribution is -1.93. The van der Waals surface area contributed by atoms with Gasteiger partial charge in [0.05, 0.1) is 21.9 Å². The molecule has 0 aliphatic rings. The molecule has 3 heterocycles. The number of aromatic nitrogens is 4. The zero-order chi connectivity index (χ0) is 14.4. The Morgan fingerprint density at radius 1 is 1.19 bits per heavy atom. The van der Waals surface area contributed by atoms with E-state index < -0.39 is 0 Å². The smallest absolute Gasteiger partial charge is 0.139 e. The van der Waals surface area contributed by atoms with Gasteiger partial charge in [-0.2, -0.15) is 5.10 Å². The van der Waals surface area contributed by atoms with E-state index in [-0.39, 0.29) is 0 Å². The highest BCUT2D eigenvalue weighted by molar-refractivity contribution is 9.10. The fourth-order valence-electron chi connectivity index (χ4n) is 2.47. The predicted octanol–water partition coefficient (Wildman–Crippen LogP) is 4.25. The molecule has 0 unspecified atom stereocenters. The second-order valence-electron chi connectivity index (χ2n) is 4.99. The maximum absolute atomic E-state index is 4.39. The minimum atomic E-state index is 0.877. The molecule has 0 fully saturated rings. The maximum atomic E-state index is 4.39. The van der Waals surface area contributed by atoms with Crippen molar-refractivity contribution in [2.75, 3.05) is 5.32 Å². The molecule has 1 aromatic carbocycles. The third-order valence-corrected chi connectivity index (χ3v) is 4.06. The second kappa shape index (κ2) is 4.60. The van der Waals surface area contributed by atoms with E-state index in [9.17, 15) is 0 Å². The zero-order valence-electron chi connectivity index (χ0n) is 11.2. The van der Waals surface area contributed by atoms with Gasteiger partial charge in [-0.3, -0.25) is 5.10 Å². The van der Waals surface area contributed by atoms with E-state index in [1.165, 1.54) is 0 Å². The molecule has 3 aromatic heterocycles. The molecule has 0 bridgehead atoms. The van der Waals surface area contributed by atoms with Gasteiger partial charge in [0.25, 0.3) is 0 Å². The van der Waals surface area contributed by atoms with Gasteiger partial charge in [-0.25, -0.2) is 4.98 Å². The molecule has 0 spiro atoms. The lowest BCUT2D eigenvalue weighted by atomic mass is 10.2. The van der Waals surface area contributed by atoms with Crippen molar-refractivity contribution in [3.05, 3.63) is 46.8 Å². The van der Waals surface area contributed by atoms with Crippen LogP contribution in [0.3, 0.4) is 0 Å². The van der Waals surface area contributed by atoms with E-state index in [0.29, 0.717) is 0 Å². The van der Waals surface area contributed by atoms with E-state index in [1.54, 1.807) is 6.20 Å². The van der Waals surface area contributed by atoms with E-state index in [0.717, 1.165) is 43.5 Å². The van der Waals surface area contributed by atoms with Crippen LogP contribution in [0.25, 0.3) is 21.9 Å². The summed E-state index contributed by atoms with van der Waals surface area (Å²) < 4.78 is 0.932. The molecule has 4 rings (SSSR count). The van der Waals surface area contributed by atoms with E-state index >= 15 is 0 Å². The van der Waals surface area contributed by atoms with Crippen LogP contribution in [0.4, 0.5) is 11.4 Å². The number of aryl methyl sites for hydroxylation is 1. The Morgan fingerprint density at radius 3 is 3.00 bits per heavy atom. The average molecular weight is 342 g/mol. The quantitative estimate of drug-likeness (QED) is 0.510. The number of fused-ring (bicyclic) bond motifs is 2. The highest BCUT2D eigenvalue weighted by Crippen LogP contribution is 2.33. The Bertz CT molecular complexity index is 953. The zero-order valence-corrected chi connectivity index (χ0v) is 12.8. The standard InChI is InChI=1S/C15H12BrN5/c1-8-4-11-14(12(16)7-17-15(11)19-8)20-10-2-3-13-9(5-10)6-18-21-13/h2-7H,1H3,(H,18,21)(H2,17,19,20). The molecule has 5 nitrogen and oxygen atoms in total. The van der Waals surface area contributed by atoms with Gasteiger partial charge in [0.2, 0.25) is 0 Å². The molecule has 0 saturated heterocycles. The van der Waals surface area contributed by atoms with Gasteiger partial charge in [-0.1, -0.05) is 0 Å². The van der Waals surface area contributed by atoms with Crippen molar-refractivity contribution in [1.29, 1.82) is 0 Å². The normalized spacial score (nSPS) is 11.3. The van der Waals surface area contributed by atoms with Crippen LogP contribution in [0.1, 0.15) is 5.69 Å². The van der Waals surface area contributed by atoms with Crippen molar-refractivity contribution in [2.45, 2.75) is 6.92 Å². The van der Waals surface area contributed by atoms with Gasteiger partial charge in [0.1, 0.15) is 5.65 Å². The third kappa shape index (κ3) is 2.08. The Balaban J connectivity index is 1.84. The van der Waals surface area contributed by atoms with Crippen molar-refractivity contribution in [1.82, 2.24) is 20.2 Å². The van der Waals surface area contributed by atoms with Crippen molar-refractivity contribution >= 4 is 49.2 Å². The molecule has 4 aromatic rings. The largest absolute Gasteiger partial charge is 0.354 e. The summed E-state index contributed by atoms with van der Waals surface area (Å²) in [6.45, 7) is 2.02. The van der Waals surface area contributed by atoms with Gasteiger partial charge in [0, 0.05) is 28.4 Å². The molecule has 0 radical (unpaired) electrons. The van der Waals surface area contributed by atoms with Gasteiger partial charge in [0.15, 0.2) is 0 Å². The molecule has 3 N–H and O–H groups in total. The number of aromatic amines is 2. The van der Waals surface area contributed by atoms with Crippen LogP contribution in [0.15, 0.2) is 41.1 Å². The highest BCUT2D eigenvalue weighted by atomic mass is 79.9. The molecule has 0 aliphatic heterocycles. The van der Waals surface area contributed by atoms with Crippen LogP contribution >= 0.6 is 15.9 Å². The van der Waals surface area contributed by atoms with Crippen LogP contribution in [0, 0.1) is 6.92 Å². The summed E-state index contributed by atoms with van der Waals surface area (Å²) in [5.41, 5.74) is 5.01. The molecule has 0 aliphatic carbocycles. The number of H-pyrrole nitrogens is 2. The Labute approximate surface area is 128 Å². The van der Waals surface area contributed by atoms with E-state index in [4.69, 9.17) is 0 Å². The third-order valence-electron chi connectivity index (χ3n) is 3.46. The SMILES string of the molecule is Cc1cc2c(Nc3ccc4[nH]ncc4c3)c(Br)cnc2[nH]1. The minimum Gasteiger partial charge on any atom is -0.354 e. The van der Waals surface area contributed by atoms with Gasteiger partial charge >= 0.3 is 0 Å². The minimum absolute atomic E-state index is 0.877. The first-order valence-electron chi connectivity index (χ1n) is 6.55. The van der Waals surface area contributed by atoms with Crippen LogP contribution in [0.5, 0.6) is 0 Å². The van der Waals surface area contributed by atoms with Gasteiger partial charge < -0.3 is 10.3 Å². The van der Waals surface area contributed by atoms with Gasteiger partial charge in [-0.15, -0.1) is 0 Å². The molecule has 6 heteroatoms. The number of nitrogens with zero attached hydrogens (tertiary/aromatic N) is 2. The second-order valence-corrected chi connectivity index (χ2v) is 5.85. The first-order valence-corrected chi connectivity index (χ1v) is 7.34. The fraction of sp³-hybridized carbons (Fsp3) is 0.0667. The summed E-state index contributed by atoms with van der Waals surface area (Å²) in [5.74, 6) is 0. The number of anilines is 2. The summed E-state index contributed by atoms with van der Waals surface area (Å²) in [6.07, 6.45) is 3.62.